The van der Waals surface area contributed by atoms with Gasteiger partial charge in [-0.05, 0) is 37.2 Å². The summed E-state index contributed by atoms with van der Waals surface area (Å²) >= 11 is 0. The van der Waals surface area contributed by atoms with Crippen LogP contribution in [-0.2, 0) is 13.1 Å². The number of hydrogen-bond donors (Lipinski definition) is 1. The lowest BCUT2D eigenvalue weighted by atomic mass is 10.1. The number of rotatable bonds is 3. The van der Waals surface area contributed by atoms with Crippen LogP contribution in [0, 0.1) is 5.82 Å². The molecule has 3 nitrogen and oxygen atoms in total. The zero-order valence-corrected chi connectivity index (χ0v) is 11.2. The molecular formula is C14H22FN3. The summed E-state index contributed by atoms with van der Waals surface area (Å²) < 4.78 is 13.3. The molecule has 0 bridgehead atoms. The minimum absolute atomic E-state index is 0.177. The molecule has 1 aromatic carbocycles. The van der Waals surface area contributed by atoms with E-state index in [1.54, 1.807) is 12.1 Å². The minimum atomic E-state index is -0.177. The zero-order chi connectivity index (χ0) is 13.1. The molecule has 1 aliphatic rings. The van der Waals surface area contributed by atoms with Gasteiger partial charge in [-0.25, -0.2) is 4.39 Å². The van der Waals surface area contributed by atoms with Gasteiger partial charge in [0.25, 0.3) is 0 Å². The van der Waals surface area contributed by atoms with Gasteiger partial charge in [0, 0.05) is 38.8 Å². The molecule has 1 heterocycles. The molecule has 0 aromatic heterocycles. The Morgan fingerprint density at radius 2 is 2.11 bits per heavy atom. The van der Waals surface area contributed by atoms with E-state index in [2.05, 4.69) is 23.8 Å². The molecule has 0 aliphatic carbocycles. The monoisotopic (exact) mass is 251 g/mol. The van der Waals surface area contributed by atoms with Crippen LogP contribution in [-0.4, -0.2) is 42.5 Å². The number of nitrogens with zero attached hydrogens (tertiary/aromatic N) is 2. The lowest BCUT2D eigenvalue weighted by molar-refractivity contribution is 0.0935. The fourth-order valence-electron chi connectivity index (χ4n) is 2.57. The van der Waals surface area contributed by atoms with Crippen molar-refractivity contribution in [2.75, 3.05) is 26.7 Å². The van der Waals surface area contributed by atoms with Crippen molar-refractivity contribution in [3.05, 3.63) is 35.1 Å². The van der Waals surface area contributed by atoms with Gasteiger partial charge in [0.1, 0.15) is 5.82 Å². The summed E-state index contributed by atoms with van der Waals surface area (Å²) in [5.41, 5.74) is 7.78. The molecule has 0 saturated carbocycles. The van der Waals surface area contributed by atoms with Gasteiger partial charge in [0.2, 0.25) is 0 Å². The molecule has 1 aliphatic heterocycles. The van der Waals surface area contributed by atoms with Crippen LogP contribution in [0.15, 0.2) is 18.2 Å². The second kappa shape index (κ2) is 5.78. The van der Waals surface area contributed by atoms with Crippen LogP contribution in [0.3, 0.4) is 0 Å². The second-order valence-electron chi connectivity index (χ2n) is 5.20. The lowest BCUT2D eigenvalue weighted by Gasteiger charge is -2.38. The van der Waals surface area contributed by atoms with Crippen LogP contribution >= 0.6 is 0 Å². The number of piperazine rings is 1. The molecule has 0 spiro atoms. The van der Waals surface area contributed by atoms with E-state index in [4.69, 9.17) is 5.73 Å². The maximum Gasteiger partial charge on any atom is 0.123 e. The van der Waals surface area contributed by atoms with Gasteiger partial charge >= 0.3 is 0 Å². The van der Waals surface area contributed by atoms with E-state index in [1.165, 1.54) is 6.07 Å². The third kappa shape index (κ3) is 3.07. The van der Waals surface area contributed by atoms with Gasteiger partial charge in [-0.3, -0.25) is 4.90 Å². The maximum absolute atomic E-state index is 13.3. The Balaban J connectivity index is 2.11. The van der Waals surface area contributed by atoms with Gasteiger partial charge < -0.3 is 10.6 Å². The quantitative estimate of drug-likeness (QED) is 0.882. The van der Waals surface area contributed by atoms with E-state index in [-0.39, 0.29) is 5.82 Å². The summed E-state index contributed by atoms with van der Waals surface area (Å²) in [5, 5.41) is 0. The average molecular weight is 251 g/mol. The standard InChI is InChI=1S/C14H22FN3/c1-11-9-17(2)5-6-18(11)10-13-7-14(15)4-3-12(13)8-16/h3-4,7,11H,5-6,8-10,16H2,1-2H3. The third-order valence-electron chi connectivity index (χ3n) is 3.73. The van der Waals surface area contributed by atoms with E-state index in [0.29, 0.717) is 12.6 Å². The molecule has 0 amide bonds. The highest BCUT2D eigenvalue weighted by Gasteiger charge is 2.22. The largest absolute Gasteiger partial charge is 0.326 e. The number of halogens is 1. The summed E-state index contributed by atoms with van der Waals surface area (Å²) in [6.07, 6.45) is 0. The summed E-state index contributed by atoms with van der Waals surface area (Å²) in [5.74, 6) is -0.177. The van der Waals surface area contributed by atoms with Gasteiger partial charge in [-0.15, -0.1) is 0 Å². The van der Waals surface area contributed by atoms with E-state index >= 15 is 0 Å². The van der Waals surface area contributed by atoms with Crippen LogP contribution < -0.4 is 5.73 Å². The summed E-state index contributed by atoms with van der Waals surface area (Å²) in [6.45, 7) is 6.64. The molecule has 100 valence electrons. The SMILES string of the molecule is CC1CN(C)CCN1Cc1cc(F)ccc1CN. The van der Waals surface area contributed by atoms with Crippen LogP contribution in [0.1, 0.15) is 18.1 Å². The fourth-order valence-corrected chi connectivity index (χ4v) is 2.57. The van der Waals surface area contributed by atoms with E-state index in [0.717, 1.165) is 37.3 Å². The van der Waals surface area contributed by atoms with E-state index < -0.39 is 0 Å². The molecule has 1 unspecified atom stereocenters. The van der Waals surface area contributed by atoms with Crippen LogP contribution in [0.5, 0.6) is 0 Å². The van der Waals surface area contributed by atoms with Crippen LogP contribution in [0.25, 0.3) is 0 Å². The molecule has 18 heavy (non-hydrogen) atoms. The van der Waals surface area contributed by atoms with Crippen molar-refractivity contribution in [1.29, 1.82) is 0 Å². The summed E-state index contributed by atoms with van der Waals surface area (Å²) in [6, 6.07) is 5.40. The summed E-state index contributed by atoms with van der Waals surface area (Å²) in [4.78, 5) is 4.73. The molecule has 2 N–H and O–H groups in total. The predicted molar refractivity (Wildman–Crippen MR) is 71.7 cm³/mol. The molecule has 1 atom stereocenters. The molecule has 4 heteroatoms. The van der Waals surface area contributed by atoms with E-state index in [9.17, 15) is 4.39 Å². The van der Waals surface area contributed by atoms with Crippen LogP contribution in [0.2, 0.25) is 0 Å². The van der Waals surface area contributed by atoms with Gasteiger partial charge in [0.15, 0.2) is 0 Å². The predicted octanol–water partition coefficient (Wildman–Crippen LogP) is 1.42. The third-order valence-corrected chi connectivity index (χ3v) is 3.73. The Kier molecular flexibility index (Phi) is 4.32. The Morgan fingerprint density at radius 1 is 1.33 bits per heavy atom. The van der Waals surface area contributed by atoms with Gasteiger partial charge in [-0.1, -0.05) is 6.07 Å². The van der Waals surface area contributed by atoms with Gasteiger partial charge in [-0.2, -0.15) is 0 Å². The van der Waals surface area contributed by atoms with Crippen molar-refractivity contribution < 1.29 is 4.39 Å². The van der Waals surface area contributed by atoms with Crippen molar-refractivity contribution >= 4 is 0 Å². The zero-order valence-electron chi connectivity index (χ0n) is 11.2. The number of likely N-dealkylation sites (N-methyl/N-ethyl adjacent to an activating group) is 1. The highest BCUT2D eigenvalue weighted by atomic mass is 19.1. The fraction of sp³-hybridized carbons (Fsp3) is 0.571. The Hall–Kier alpha value is -0.970. The van der Waals surface area contributed by atoms with Gasteiger partial charge in [0.05, 0.1) is 0 Å². The maximum atomic E-state index is 13.3. The molecule has 2 rings (SSSR count). The molecule has 1 saturated heterocycles. The number of benzene rings is 1. The van der Waals surface area contributed by atoms with Crippen molar-refractivity contribution in [3.8, 4) is 0 Å². The first-order valence-electron chi connectivity index (χ1n) is 6.50. The first kappa shape index (κ1) is 13.5. The van der Waals surface area contributed by atoms with Crippen molar-refractivity contribution in [2.45, 2.75) is 26.1 Å². The molecular weight excluding hydrogens is 229 g/mol. The Bertz CT molecular complexity index is 408. The minimum Gasteiger partial charge on any atom is -0.326 e. The normalized spacial score (nSPS) is 22.3. The Morgan fingerprint density at radius 3 is 2.78 bits per heavy atom. The first-order valence-corrected chi connectivity index (χ1v) is 6.50. The van der Waals surface area contributed by atoms with Crippen molar-refractivity contribution in [3.63, 3.8) is 0 Å². The molecule has 1 aromatic rings. The Labute approximate surface area is 108 Å². The summed E-state index contributed by atoms with van der Waals surface area (Å²) in [7, 11) is 2.14. The first-order chi connectivity index (χ1) is 8.60. The number of hydrogen-bond acceptors (Lipinski definition) is 3. The second-order valence-corrected chi connectivity index (χ2v) is 5.20. The topological polar surface area (TPSA) is 32.5 Å². The number of nitrogens with two attached hydrogens (primary N) is 1. The lowest BCUT2D eigenvalue weighted by Crippen LogP contribution is -2.49. The highest BCUT2D eigenvalue weighted by Crippen LogP contribution is 2.17. The highest BCUT2D eigenvalue weighted by molar-refractivity contribution is 5.27. The van der Waals surface area contributed by atoms with Crippen molar-refractivity contribution in [1.82, 2.24) is 9.80 Å². The average Bonchev–Trinajstić information content (AvgIpc) is 2.33. The van der Waals surface area contributed by atoms with Crippen LogP contribution in [0.4, 0.5) is 4.39 Å². The molecule has 0 radical (unpaired) electrons. The molecule has 1 fully saturated rings. The van der Waals surface area contributed by atoms with E-state index in [1.807, 2.05) is 0 Å². The smallest absolute Gasteiger partial charge is 0.123 e. The van der Waals surface area contributed by atoms with Crippen molar-refractivity contribution in [2.24, 2.45) is 5.73 Å².